The first-order chi connectivity index (χ1) is 5.95. The maximum atomic E-state index is 9.76. The average molecular weight is 202 g/mol. The zero-order chi connectivity index (χ0) is 10.1. The molecule has 0 aromatic rings. The van der Waals surface area contributed by atoms with Gasteiger partial charge in [-0.1, -0.05) is 6.08 Å². The highest BCUT2D eigenvalue weighted by atomic mass is 32.1. The summed E-state index contributed by atoms with van der Waals surface area (Å²) in [5.74, 6) is 0.769. The predicted octanol–water partition coefficient (Wildman–Crippen LogP) is 1.38. The summed E-state index contributed by atoms with van der Waals surface area (Å²) in [7, 11) is 0. The third kappa shape index (κ3) is 2.73. The van der Waals surface area contributed by atoms with Crippen LogP contribution in [0.25, 0.3) is 0 Å². The molecular formula is C10H18O2S. The molecule has 0 bridgehead atoms. The molecule has 76 valence electrons. The molecule has 0 fully saturated rings. The molecule has 1 aliphatic rings. The molecule has 0 heterocycles. The summed E-state index contributed by atoms with van der Waals surface area (Å²) < 4.78 is 0. The van der Waals surface area contributed by atoms with E-state index in [4.69, 9.17) is 0 Å². The van der Waals surface area contributed by atoms with Crippen molar-refractivity contribution in [2.24, 2.45) is 5.92 Å². The first-order valence-electron chi connectivity index (χ1n) is 4.65. The van der Waals surface area contributed by atoms with Gasteiger partial charge >= 0.3 is 0 Å². The van der Waals surface area contributed by atoms with Crippen LogP contribution in [0.2, 0.25) is 0 Å². The number of thiol groups is 1. The first-order valence-corrected chi connectivity index (χ1v) is 5.28. The standard InChI is InChI=1S/C10H18O2S/c1-10(2,12)8-4-3-7(6-13)9(11)5-8/h3,8-9,11-13H,4-6H2,1-2H3. The Balaban J connectivity index is 2.66. The van der Waals surface area contributed by atoms with Gasteiger partial charge in [0.05, 0.1) is 11.7 Å². The van der Waals surface area contributed by atoms with Crippen molar-refractivity contribution in [2.45, 2.75) is 38.4 Å². The van der Waals surface area contributed by atoms with Crippen molar-refractivity contribution in [3.63, 3.8) is 0 Å². The lowest BCUT2D eigenvalue weighted by Gasteiger charge is -2.34. The van der Waals surface area contributed by atoms with Gasteiger partial charge in [-0.25, -0.2) is 0 Å². The minimum Gasteiger partial charge on any atom is -0.390 e. The van der Waals surface area contributed by atoms with Crippen LogP contribution in [0.3, 0.4) is 0 Å². The molecule has 0 aromatic heterocycles. The lowest BCUT2D eigenvalue weighted by Crippen LogP contribution is -2.36. The van der Waals surface area contributed by atoms with E-state index in [1.165, 1.54) is 0 Å². The van der Waals surface area contributed by atoms with E-state index >= 15 is 0 Å². The largest absolute Gasteiger partial charge is 0.390 e. The summed E-state index contributed by atoms with van der Waals surface area (Å²) in [4.78, 5) is 0. The molecule has 2 N–H and O–H groups in total. The van der Waals surface area contributed by atoms with Crippen LogP contribution in [-0.2, 0) is 0 Å². The third-order valence-electron chi connectivity index (χ3n) is 2.78. The van der Waals surface area contributed by atoms with Gasteiger partial charge in [0.15, 0.2) is 0 Å². The van der Waals surface area contributed by atoms with Crippen molar-refractivity contribution >= 4 is 12.6 Å². The summed E-state index contributed by atoms with van der Waals surface area (Å²) >= 11 is 4.13. The second-order valence-electron chi connectivity index (χ2n) is 4.27. The average Bonchev–Trinajstić information content (AvgIpc) is 2.02. The minimum absolute atomic E-state index is 0.158. The Bertz CT molecular complexity index is 205. The predicted molar refractivity (Wildman–Crippen MR) is 57.0 cm³/mol. The number of rotatable bonds is 2. The molecule has 13 heavy (non-hydrogen) atoms. The molecule has 0 amide bonds. The van der Waals surface area contributed by atoms with Gasteiger partial charge in [0.1, 0.15) is 0 Å². The maximum Gasteiger partial charge on any atom is 0.0761 e. The van der Waals surface area contributed by atoms with Crippen molar-refractivity contribution in [1.82, 2.24) is 0 Å². The molecule has 2 unspecified atom stereocenters. The van der Waals surface area contributed by atoms with Crippen molar-refractivity contribution in [2.75, 3.05) is 5.75 Å². The summed E-state index contributed by atoms with van der Waals surface area (Å²) in [5.41, 5.74) is 0.295. The molecule has 0 aromatic carbocycles. The van der Waals surface area contributed by atoms with Crippen LogP contribution in [-0.4, -0.2) is 27.7 Å². The monoisotopic (exact) mass is 202 g/mol. The fourth-order valence-corrected chi connectivity index (χ4v) is 2.03. The second-order valence-corrected chi connectivity index (χ2v) is 4.59. The molecule has 2 nitrogen and oxygen atoms in total. The smallest absolute Gasteiger partial charge is 0.0761 e. The van der Waals surface area contributed by atoms with Gasteiger partial charge < -0.3 is 10.2 Å². The topological polar surface area (TPSA) is 40.5 Å². The molecule has 1 rings (SSSR count). The normalized spacial score (nSPS) is 30.1. The van der Waals surface area contributed by atoms with Gasteiger partial charge in [0, 0.05) is 5.75 Å². The van der Waals surface area contributed by atoms with Gasteiger partial charge in [0.2, 0.25) is 0 Å². The van der Waals surface area contributed by atoms with Crippen LogP contribution < -0.4 is 0 Å². The van der Waals surface area contributed by atoms with E-state index in [0.29, 0.717) is 12.2 Å². The number of hydrogen-bond donors (Lipinski definition) is 3. The van der Waals surface area contributed by atoms with Gasteiger partial charge in [-0.15, -0.1) is 0 Å². The van der Waals surface area contributed by atoms with Gasteiger partial charge in [-0.05, 0) is 38.2 Å². The Morgan fingerprint density at radius 2 is 2.23 bits per heavy atom. The van der Waals surface area contributed by atoms with E-state index in [9.17, 15) is 10.2 Å². The number of hydrogen-bond acceptors (Lipinski definition) is 3. The van der Waals surface area contributed by atoms with Gasteiger partial charge in [-0.2, -0.15) is 12.6 Å². The Kier molecular flexibility index (Phi) is 3.44. The van der Waals surface area contributed by atoms with E-state index in [1.54, 1.807) is 13.8 Å². The van der Waals surface area contributed by atoms with Crippen molar-refractivity contribution in [3.05, 3.63) is 11.6 Å². The van der Waals surface area contributed by atoms with Crippen LogP contribution in [0.4, 0.5) is 0 Å². The van der Waals surface area contributed by atoms with E-state index in [0.717, 1.165) is 12.0 Å². The lowest BCUT2D eigenvalue weighted by atomic mass is 9.78. The second kappa shape index (κ2) is 4.03. The minimum atomic E-state index is -0.695. The Morgan fingerprint density at radius 3 is 2.62 bits per heavy atom. The Hall–Kier alpha value is 0.01000. The highest BCUT2D eigenvalue weighted by molar-refractivity contribution is 7.80. The van der Waals surface area contributed by atoms with Crippen LogP contribution in [0.1, 0.15) is 26.7 Å². The van der Waals surface area contributed by atoms with Crippen LogP contribution in [0.15, 0.2) is 11.6 Å². The quantitative estimate of drug-likeness (QED) is 0.468. The molecule has 3 heteroatoms. The Morgan fingerprint density at radius 1 is 1.62 bits per heavy atom. The number of allylic oxidation sites excluding steroid dienone is 1. The highest BCUT2D eigenvalue weighted by Gasteiger charge is 2.31. The van der Waals surface area contributed by atoms with Crippen LogP contribution >= 0.6 is 12.6 Å². The van der Waals surface area contributed by atoms with E-state index in [-0.39, 0.29) is 5.92 Å². The van der Waals surface area contributed by atoms with E-state index < -0.39 is 11.7 Å². The van der Waals surface area contributed by atoms with Crippen molar-refractivity contribution < 1.29 is 10.2 Å². The highest BCUT2D eigenvalue weighted by Crippen LogP contribution is 2.32. The molecule has 0 spiro atoms. The van der Waals surface area contributed by atoms with Crippen LogP contribution in [0.5, 0.6) is 0 Å². The summed E-state index contributed by atoms with van der Waals surface area (Å²) in [5, 5.41) is 19.4. The lowest BCUT2D eigenvalue weighted by molar-refractivity contribution is -0.00538. The zero-order valence-electron chi connectivity index (χ0n) is 8.20. The van der Waals surface area contributed by atoms with Crippen molar-refractivity contribution in [3.8, 4) is 0 Å². The summed E-state index contributed by atoms with van der Waals surface area (Å²) in [6.45, 7) is 3.59. The molecule has 0 aliphatic heterocycles. The van der Waals surface area contributed by atoms with Gasteiger partial charge in [-0.3, -0.25) is 0 Å². The maximum absolute atomic E-state index is 9.76. The fraction of sp³-hybridized carbons (Fsp3) is 0.800. The summed E-state index contributed by atoms with van der Waals surface area (Å²) in [6.07, 6.45) is 3.08. The first kappa shape index (κ1) is 11.1. The third-order valence-corrected chi connectivity index (χ3v) is 3.15. The molecule has 0 saturated heterocycles. The molecule has 0 saturated carbocycles. The Labute approximate surface area is 85.1 Å². The molecule has 2 atom stereocenters. The molecule has 0 radical (unpaired) electrons. The van der Waals surface area contributed by atoms with Crippen molar-refractivity contribution in [1.29, 1.82) is 0 Å². The number of aliphatic hydroxyl groups excluding tert-OH is 1. The fourth-order valence-electron chi connectivity index (χ4n) is 1.69. The molecule has 1 aliphatic carbocycles. The van der Waals surface area contributed by atoms with E-state index in [1.807, 2.05) is 6.08 Å². The molecular weight excluding hydrogens is 184 g/mol. The number of aliphatic hydroxyl groups is 2. The van der Waals surface area contributed by atoms with E-state index in [2.05, 4.69) is 12.6 Å². The van der Waals surface area contributed by atoms with Gasteiger partial charge in [0.25, 0.3) is 0 Å². The van der Waals surface area contributed by atoms with Crippen LogP contribution in [0, 0.1) is 5.92 Å². The SMILES string of the molecule is CC(C)(O)C1CC=C(CS)C(O)C1. The zero-order valence-corrected chi connectivity index (χ0v) is 9.09. The summed E-state index contributed by atoms with van der Waals surface area (Å²) in [6, 6.07) is 0.